The molecule has 3 rings (SSSR count). The topological polar surface area (TPSA) is 46.5 Å². The van der Waals surface area contributed by atoms with E-state index in [0.29, 0.717) is 5.69 Å². The van der Waals surface area contributed by atoms with Gasteiger partial charge in [-0.3, -0.25) is 4.79 Å². The van der Waals surface area contributed by atoms with Crippen molar-refractivity contribution in [3.8, 4) is 16.9 Å². The smallest absolute Gasteiger partial charge is 0.268 e. The summed E-state index contributed by atoms with van der Waals surface area (Å²) in [6.07, 6.45) is 0. The number of ether oxygens (including phenoxy) is 1. The maximum atomic E-state index is 12.8. The number of benzene rings is 2. The molecule has 0 spiro atoms. The second-order valence-electron chi connectivity index (χ2n) is 6.51. The molecular weight excluding hydrogens is 362 g/mol. The molecule has 6 heteroatoms. The molecule has 1 heterocycles. The van der Waals surface area contributed by atoms with Crippen LogP contribution < -0.4 is 10.1 Å². The average molecular weight is 388 g/mol. The van der Waals surface area contributed by atoms with Gasteiger partial charge in [0.1, 0.15) is 11.4 Å². The van der Waals surface area contributed by atoms with Crippen LogP contribution >= 0.6 is 12.4 Å². The van der Waals surface area contributed by atoms with Gasteiger partial charge in [-0.25, -0.2) is 0 Å². The van der Waals surface area contributed by atoms with Gasteiger partial charge in [-0.2, -0.15) is 0 Å². The van der Waals surface area contributed by atoms with Crippen LogP contribution in [0, 0.1) is 0 Å². The first kappa shape index (κ1) is 20.8. The van der Waals surface area contributed by atoms with Crippen LogP contribution in [0.15, 0.2) is 48.5 Å². The summed E-state index contributed by atoms with van der Waals surface area (Å²) in [6, 6.07) is 16.0. The Hall–Kier alpha value is -2.50. The number of nitrogens with zero attached hydrogens (tertiary/aromatic N) is 2. The van der Waals surface area contributed by atoms with Gasteiger partial charge in [0.25, 0.3) is 5.91 Å². The highest BCUT2D eigenvalue weighted by atomic mass is 35.5. The van der Waals surface area contributed by atoms with Crippen LogP contribution in [0.2, 0.25) is 0 Å². The average Bonchev–Trinajstić information content (AvgIpc) is 2.99. The zero-order valence-electron chi connectivity index (χ0n) is 16.2. The molecule has 0 saturated heterocycles. The summed E-state index contributed by atoms with van der Waals surface area (Å²) in [6.45, 7) is 1.57. The maximum Gasteiger partial charge on any atom is 0.268 e. The molecule has 1 N–H and O–H groups in total. The number of rotatable bonds is 6. The number of hydrogen-bond donors (Lipinski definition) is 1. The number of nitrogens with one attached hydrogen (secondary N) is 1. The minimum absolute atomic E-state index is 0. The number of halogens is 1. The predicted molar refractivity (Wildman–Crippen MR) is 113 cm³/mol. The van der Waals surface area contributed by atoms with Crippen molar-refractivity contribution < 1.29 is 9.53 Å². The molecule has 1 amide bonds. The number of carbonyl (C=O) groups is 1. The number of amides is 1. The van der Waals surface area contributed by atoms with Gasteiger partial charge < -0.3 is 19.5 Å². The molecule has 0 radical (unpaired) electrons. The van der Waals surface area contributed by atoms with E-state index >= 15 is 0 Å². The molecule has 0 aliphatic carbocycles. The fraction of sp³-hybridized carbons (Fsp3) is 0.286. The highest BCUT2D eigenvalue weighted by Gasteiger charge is 2.23. The van der Waals surface area contributed by atoms with Gasteiger partial charge in [0, 0.05) is 36.6 Å². The Kier molecular flexibility index (Phi) is 6.88. The number of fused-ring (bicyclic) bond motifs is 1. The van der Waals surface area contributed by atoms with Crippen LogP contribution in [0.1, 0.15) is 10.5 Å². The maximum absolute atomic E-state index is 12.8. The van der Waals surface area contributed by atoms with Gasteiger partial charge in [-0.05, 0) is 37.9 Å². The number of methoxy groups -OCH3 is 1. The lowest BCUT2D eigenvalue weighted by Crippen LogP contribution is -2.25. The standard InChI is InChI=1S/C21H25N3O2.ClH/c1-22-21(25)20-19(15-8-6-5-7-9-15)17-14-16(26-4)10-11-18(17)24(20)13-12-23(2)3;/h5-11,14H,12-13H2,1-4H3,(H,22,25);1H. The number of likely N-dealkylation sites (N-methyl/N-ethyl adjacent to an activating group) is 1. The molecule has 144 valence electrons. The van der Waals surface area contributed by atoms with E-state index in [2.05, 4.69) is 14.8 Å². The molecule has 2 aromatic carbocycles. The summed E-state index contributed by atoms with van der Waals surface area (Å²) in [5.41, 5.74) is 3.68. The lowest BCUT2D eigenvalue weighted by molar-refractivity contribution is 0.0954. The van der Waals surface area contributed by atoms with Gasteiger partial charge in [-0.15, -0.1) is 12.4 Å². The van der Waals surface area contributed by atoms with Crippen molar-refractivity contribution in [1.29, 1.82) is 0 Å². The second-order valence-corrected chi connectivity index (χ2v) is 6.51. The minimum Gasteiger partial charge on any atom is -0.497 e. The van der Waals surface area contributed by atoms with Crippen molar-refractivity contribution in [2.45, 2.75) is 6.54 Å². The number of hydrogen-bond acceptors (Lipinski definition) is 3. The van der Waals surface area contributed by atoms with Crippen LogP contribution in [-0.4, -0.2) is 50.2 Å². The van der Waals surface area contributed by atoms with E-state index in [0.717, 1.165) is 40.9 Å². The lowest BCUT2D eigenvalue weighted by atomic mass is 10.0. The number of carbonyl (C=O) groups excluding carboxylic acids is 1. The Bertz CT molecular complexity index is 920. The second kappa shape index (κ2) is 8.93. The third-order valence-corrected chi connectivity index (χ3v) is 4.55. The van der Waals surface area contributed by atoms with Crippen LogP contribution in [0.4, 0.5) is 0 Å². The lowest BCUT2D eigenvalue weighted by Gasteiger charge is -2.14. The molecule has 0 unspecified atom stereocenters. The Morgan fingerprint density at radius 1 is 1.15 bits per heavy atom. The van der Waals surface area contributed by atoms with E-state index in [1.165, 1.54) is 0 Å². The molecule has 0 aliphatic rings. The zero-order valence-corrected chi connectivity index (χ0v) is 17.0. The summed E-state index contributed by atoms with van der Waals surface area (Å²) in [4.78, 5) is 14.9. The Labute approximate surface area is 166 Å². The van der Waals surface area contributed by atoms with E-state index in [-0.39, 0.29) is 18.3 Å². The predicted octanol–water partition coefficient (Wildman–Crippen LogP) is 3.66. The fourth-order valence-electron chi connectivity index (χ4n) is 3.24. The quantitative estimate of drug-likeness (QED) is 0.702. The molecule has 0 aliphatic heterocycles. The van der Waals surface area contributed by atoms with Crippen molar-refractivity contribution in [1.82, 2.24) is 14.8 Å². The molecule has 0 saturated carbocycles. The fourth-order valence-corrected chi connectivity index (χ4v) is 3.24. The van der Waals surface area contributed by atoms with Gasteiger partial charge in [0.05, 0.1) is 7.11 Å². The SMILES string of the molecule is CNC(=O)c1c(-c2ccccc2)c2cc(OC)ccc2n1CCN(C)C.Cl. The first-order valence-electron chi connectivity index (χ1n) is 8.69. The molecule has 0 atom stereocenters. The molecule has 0 bridgehead atoms. The van der Waals surface area contributed by atoms with Crippen molar-refractivity contribution in [2.24, 2.45) is 0 Å². The molecule has 1 aromatic heterocycles. The van der Waals surface area contributed by atoms with Crippen molar-refractivity contribution in [2.75, 3.05) is 34.8 Å². The summed E-state index contributed by atoms with van der Waals surface area (Å²) in [5, 5.41) is 3.83. The first-order valence-corrected chi connectivity index (χ1v) is 8.69. The van der Waals surface area contributed by atoms with E-state index in [1.54, 1.807) is 14.2 Å². The zero-order chi connectivity index (χ0) is 18.7. The highest BCUT2D eigenvalue weighted by molar-refractivity contribution is 6.10. The normalized spacial score (nSPS) is 10.7. The largest absolute Gasteiger partial charge is 0.497 e. The van der Waals surface area contributed by atoms with E-state index in [1.807, 2.05) is 62.6 Å². The Balaban J connectivity index is 0.00000261. The molecule has 5 nitrogen and oxygen atoms in total. The van der Waals surface area contributed by atoms with Gasteiger partial charge >= 0.3 is 0 Å². The monoisotopic (exact) mass is 387 g/mol. The van der Waals surface area contributed by atoms with E-state index in [9.17, 15) is 4.79 Å². The third kappa shape index (κ3) is 4.10. The first-order chi connectivity index (χ1) is 12.6. The number of aromatic nitrogens is 1. The summed E-state index contributed by atoms with van der Waals surface area (Å²) >= 11 is 0. The molecule has 27 heavy (non-hydrogen) atoms. The van der Waals surface area contributed by atoms with Crippen LogP contribution in [-0.2, 0) is 6.54 Å². The van der Waals surface area contributed by atoms with Crippen molar-refractivity contribution >= 4 is 29.2 Å². The summed E-state index contributed by atoms with van der Waals surface area (Å²) in [5.74, 6) is 0.695. The van der Waals surface area contributed by atoms with Crippen LogP contribution in [0.3, 0.4) is 0 Å². The molecule has 3 aromatic rings. The van der Waals surface area contributed by atoms with E-state index in [4.69, 9.17) is 4.74 Å². The van der Waals surface area contributed by atoms with Crippen molar-refractivity contribution in [3.05, 3.63) is 54.2 Å². The summed E-state index contributed by atoms with van der Waals surface area (Å²) in [7, 11) is 7.40. The van der Waals surface area contributed by atoms with Gasteiger partial charge in [0.2, 0.25) is 0 Å². The van der Waals surface area contributed by atoms with Gasteiger partial charge in [0.15, 0.2) is 0 Å². The Morgan fingerprint density at radius 2 is 1.85 bits per heavy atom. The summed E-state index contributed by atoms with van der Waals surface area (Å²) < 4.78 is 7.54. The minimum atomic E-state index is -0.0854. The van der Waals surface area contributed by atoms with E-state index < -0.39 is 0 Å². The Morgan fingerprint density at radius 3 is 2.44 bits per heavy atom. The van der Waals surface area contributed by atoms with Crippen LogP contribution in [0.5, 0.6) is 5.75 Å². The molecule has 0 fully saturated rings. The third-order valence-electron chi connectivity index (χ3n) is 4.55. The van der Waals surface area contributed by atoms with Gasteiger partial charge in [-0.1, -0.05) is 30.3 Å². The van der Waals surface area contributed by atoms with Crippen LogP contribution in [0.25, 0.3) is 22.0 Å². The van der Waals surface area contributed by atoms with Crippen molar-refractivity contribution in [3.63, 3.8) is 0 Å². The molecular formula is C21H26ClN3O2. The highest BCUT2D eigenvalue weighted by Crippen LogP contribution is 2.37.